The second-order valence-electron chi connectivity index (χ2n) is 4.62. The minimum atomic E-state index is -0.559. The van der Waals surface area contributed by atoms with E-state index < -0.39 is 17.7 Å². The summed E-state index contributed by atoms with van der Waals surface area (Å²) in [5, 5.41) is 12.6. The zero-order valence-electron chi connectivity index (χ0n) is 11.2. The third-order valence-corrected chi connectivity index (χ3v) is 3.15. The lowest BCUT2D eigenvalue weighted by molar-refractivity contribution is 0.465. The molecule has 0 aliphatic carbocycles. The average Bonchev–Trinajstić information content (AvgIpc) is 2.38. The van der Waals surface area contributed by atoms with Crippen LogP contribution in [0.2, 0.25) is 0 Å². The van der Waals surface area contributed by atoms with Crippen LogP contribution in [-0.4, -0.2) is 11.7 Å². The van der Waals surface area contributed by atoms with Crippen molar-refractivity contribution in [3.8, 4) is 5.75 Å². The summed E-state index contributed by atoms with van der Waals surface area (Å²) in [7, 11) is 0. The molecule has 0 fully saturated rings. The largest absolute Gasteiger partial charge is 0.508 e. The fourth-order valence-electron chi connectivity index (χ4n) is 2.29. The van der Waals surface area contributed by atoms with Crippen LogP contribution >= 0.6 is 0 Å². The van der Waals surface area contributed by atoms with Crippen LogP contribution in [0.25, 0.3) is 0 Å². The van der Waals surface area contributed by atoms with Crippen LogP contribution in [0, 0.1) is 11.6 Å². The number of hydrogen-bond acceptors (Lipinski definition) is 2. The first kappa shape index (κ1) is 14.5. The molecular weight excluding hydrogens is 260 g/mol. The lowest BCUT2D eigenvalue weighted by atomic mass is 9.97. The van der Waals surface area contributed by atoms with Crippen molar-refractivity contribution in [3.63, 3.8) is 0 Å². The number of nitrogens with one attached hydrogen (secondary N) is 1. The van der Waals surface area contributed by atoms with Gasteiger partial charge in [0.15, 0.2) is 0 Å². The number of benzene rings is 2. The van der Waals surface area contributed by atoms with Crippen LogP contribution in [0.15, 0.2) is 42.5 Å². The van der Waals surface area contributed by atoms with E-state index in [9.17, 15) is 13.9 Å². The number of phenolic OH excluding ortho intramolecular Hbond substituents is 1. The van der Waals surface area contributed by atoms with Crippen LogP contribution in [0.4, 0.5) is 8.78 Å². The molecule has 0 aromatic heterocycles. The van der Waals surface area contributed by atoms with Crippen molar-refractivity contribution < 1.29 is 13.9 Å². The third kappa shape index (κ3) is 3.33. The van der Waals surface area contributed by atoms with Gasteiger partial charge in [0.1, 0.15) is 17.4 Å². The molecule has 2 aromatic rings. The molecule has 4 heteroatoms. The van der Waals surface area contributed by atoms with E-state index in [0.29, 0.717) is 13.0 Å². The molecule has 2 rings (SSSR count). The predicted molar refractivity (Wildman–Crippen MR) is 74.6 cm³/mol. The quantitative estimate of drug-likeness (QED) is 0.875. The highest BCUT2D eigenvalue weighted by atomic mass is 19.1. The minimum Gasteiger partial charge on any atom is -0.508 e. The van der Waals surface area contributed by atoms with Gasteiger partial charge in [-0.3, -0.25) is 0 Å². The van der Waals surface area contributed by atoms with Gasteiger partial charge < -0.3 is 10.4 Å². The Hall–Kier alpha value is -1.94. The van der Waals surface area contributed by atoms with Gasteiger partial charge in [0.25, 0.3) is 0 Å². The zero-order chi connectivity index (χ0) is 14.5. The highest BCUT2D eigenvalue weighted by Gasteiger charge is 2.19. The molecule has 0 aliphatic rings. The van der Waals surface area contributed by atoms with Gasteiger partial charge in [-0.05, 0) is 42.8 Å². The first-order valence-corrected chi connectivity index (χ1v) is 6.57. The molecule has 1 atom stereocenters. The SMILES string of the molecule is CCNC(Cc1cccc(O)c1)c1c(F)cccc1F. The topological polar surface area (TPSA) is 32.3 Å². The summed E-state index contributed by atoms with van der Waals surface area (Å²) in [6.07, 6.45) is 0.403. The Morgan fingerprint density at radius 2 is 1.75 bits per heavy atom. The molecular formula is C16H17F2NO. The van der Waals surface area contributed by atoms with E-state index in [4.69, 9.17) is 0 Å². The van der Waals surface area contributed by atoms with E-state index in [2.05, 4.69) is 5.32 Å². The van der Waals surface area contributed by atoms with Crippen LogP contribution < -0.4 is 5.32 Å². The highest BCUT2D eigenvalue weighted by Crippen LogP contribution is 2.25. The number of hydrogen-bond donors (Lipinski definition) is 2. The van der Waals surface area contributed by atoms with Gasteiger partial charge in [0, 0.05) is 11.6 Å². The number of halogens is 2. The van der Waals surface area contributed by atoms with Gasteiger partial charge in [0.05, 0.1) is 0 Å². The van der Waals surface area contributed by atoms with Gasteiger partial charge in [-0.25, -0.2) is 8.78 Å². The van der Waals surface area contributed by atoms with E-state index in [-0.39, 0.29) is 11.3 Å². The molecule has 0 bridgehead atoms. The smallest absolute Gasteiger partial charge is 0.130 e. The van der Waals surface area contributed by atoms with Crippen molar-refractivity contribution in [3.05, 3.63) is 65.2 Å². The molecule has 0 heterocycles. The van der Waals surface area contributed by atoms with Crippen molar-refractivity contribution in [2.24, 2.45) is 0 Å². The maximum absolute atomic E-state index is 13.9. The monoisotopic (exact) mass is 277 g/mol. The lowest BCUT2D eigenvalue weighted by Crippen LogP contribution is -2.25. The molecule has 106 valence electrons. The van der Waals surface area contributed by atoms with Crippen LogP contribution in [0.5, 0.6) is 5.75 Å². The van der Waals surface area contributed by atoms with Gasteiger partial charge in [-0.15, -0.1) is 0 Å². The fourth-order valence-corrected chi connectivity index (χ4v) is 2.29. The summed E-state index contributed by atoms with van der Waals surface area (Å²) in [4.78, 5) is 0. The molecule has 2 nitrogen and oxygen atoms in total. The summed E-state index contributed by atoms with van der Waals surface area (Å²) >= 11 is 0. The molecule has 0 aliphatic heterocycles. The van der Waals surface area contributed by atoms with Crippen LogP contribution in [0.1, 0.15) is 24.1 Å². The lowest BCUT2D eigenvalue weighted by Gasteiger charge is -2.20. The Labute approximate surface area is 117 Å². The summed E-state index contributed by atoms with van der Waals surface area (Å²) in [5.74, 6) is -0.973. The Bertz CT molecular complexity index is 566. The number of rotatable bonds is 5. The van der Waals surface area contributed by atoms with Crippen LogP contribution in [0.3, 0.4) is 0 Å². The molecule has 2 N–H and O–H groups in total. The van der Waals surface area contributed by atoms with Gasteiger partial charge in [-0.1, -0.05) is 25.1 Å². The third-order valence-electron chi connectivity index (χ3n) is 3.15. The van der Waals surface area contributed by atoms with Gasteiger partial charge >= 0.3 is 0 Å². The Balaban J connectivity index is 2.32. The maximum atomic E-state index is 13.9. The van der Waals surface area contributed by atoms with E-state index in [1.165, 1.54) is 18.2 Å². The first-order chi connectivity index (χ1) is 9.61. The van der Waals surface area contributed by atoms with E-state index in [0.717, 1.165) is 5.56 Å². The summed E-state index contributed by atoms with van der Waals surface area (Å²) in [6, 6.07) is 10.1. The van der Waals surface area contributed by atoms with Gasteiger partial charge in [0.2, 0.25) is 0 Å². The normalized spacial score (nSPS) is 12.3. The fraction of sp³-hybridized carbons (Fsp3) is 0.250. The number of aromatic hydroxyl groups is 1. The molecule has 1 unspecified atom stereocenters. The molecule has 0 amide bonds. The first-order valence-electron chi connectivity index (χ1n) is 6.57. The Morgan fingerprint density at radius 1 is 1.10 bits per heavy atom. The average molecular weight is 277 g/mol. The highest BCUT2D eigenvalue weighted by molar-refractivity contribution is 5.30. The standard InChI is InChI=1S/C16H17F2NO/c1-2-19-15(10-11-5-3-6-12(20)9-11)16-13(17)7-4-8-14(16)18/h3-9,15,19-20H,2,10H2,1H3. The second kappa shape index (κ2) is 6.48. The summed E-state index contributed by atoms with van der Waals surface area (Å²) in [6.45, 7) is 2.48. The molecule has 0 spiro atoms. The van der Waals surface area contributed by atoms with Crippen molar-refractivity contribution in [2.75, 3.05) is 6.54 Å². The maximum Gasteiger partial charge on any atom is 0.130 e. The summed E-state index contributed by atoms with van der Waals surface area (Å²) < 4.78 is 27.8. The van der Waals surface area contributed by atoms with Crippen LogP contribution in [-0.2, 0) is 6.42 Å². The van der Waals surface area contributed by atoms with Crippen molar-refractivity contribution in [1.82, 2.24) is 5.32 Å². The molecule has 20 heavy (non-hydrogen) atoms. The van der Waals surface area contributed by atoms with Crippen molar-refractivity contribution in [1.29, 1.82) is 0 Å². The van der Waals surface area contributed by atoms with Gasteiger partial charge in [-0.2, -0.15) is 0 Å². The number of phenols is 1. The minimum absolute atomic E-state index is 0.0395. The molecule has 2 aromatic carbocycles. The molecule has 0 saturated carbocycles. The molecule has 0 saturated heterocycles. The number of likely N-dealkylation sites (N-methyl/N-ethyl adjacent to an activating group) is 1. The van der Waals surface area contributed by atoms with Crippen molar-refractivity contribution >= 4 is 0 Å². The Morgan fingerprint density at radius 3 is 2.35 bits per heavy atom. The molecule has 0 radical (unpaired) electrons. The zero-order valence-corrected chi connectivity index (χ0v) is 11.2. The predicted octanol–water partition coefficient (Wildman–Crippen LogP) is 3.56. The van der Waals surface area contributed by atoms with E-state index >= 15 is 0 Å². The van der Waals surface area contributed by atoms with E-state index in [1.807, 2.05) is 13.0 Å². The second-order valence-corrected chi connectivity index (χ2v) is 4.62. The van der Waals surface area contributed by atoms with Crippen molar-refractivity contribution in [2.45, 2.75) is 19.4 Å². The summed E-state index contributed by atoms with van der Waals surface area (Å²) in [5.41, 5.74) is 0.858. The Kier molecular flexibility index (Phi) is 4.69. The van der Waals surface area contributed by atoms with E-state index in [1.54, 1.807) is 18.2 Å².